The van der Waals surface area contributed by atoms with Crippen molar-refractivity contribution >= 4 is 5.97 Å². The third kappa shape index (κ3) is 2.46. The number of aromatic nitrogens is 2. The molecule has 2 atom stereocenters. The van der Waals surface area contributed by atoms with Gasteiger partial charge in [0, 0.05) is 19.2 Å². The number of carboxylic acid groups (broad SMARTS) is 1. The van der Waals surface area contributed by atoms with Crippen molar-refractivity contribution in [3.63, 3.8) is 0 Å². The summed E-state index contributed by atoms with van der Waals surface area (Å²) in [5.41, 5.74) is 0.776. The van der Waals surface area contributed by atoms with E-state index in [1.165, 1.54) is 6.20 Å². The topological polar surface area (TPSA) is 84.3 Å². The number of carboxylic acids is 1. The quantitative estimate of drug-likeness (QED) is 0.749. The van der Waals surface area contributed by atoms with Gasteiger partial charge in [0.2, 0.25) is 5.88 Å². The van der Waals surface area contributed by atoms with Crippen molar-refractivity contribution < 1.29 is 14.6 Å². The van der Waals surface area contributed by atoms with Gasteiger partial charge in [0.05, 0.1) is 11.9 Å². The number of nitrogens with zero attached hydrogens (tertiary/aromatic N) is 2. The van der Waals surface area contributed by atoms with Gasteiger partial charge in [0.15, 0.2) is 0 Å². The summed E-state index contributed by atoms with van der Waals surface area (Å²) in [6, 6.07) is -0.525. The van der Waals surface area contributed by atoms with Crippen LogP contribution in [0.2, 0.25) is 0 Å². The SMILES string of the molecule is Cc1cncc(OC2CNC(C(=O)O)C2)n1. The molecule has 16 heavy (non-hydrogen) atoms. The summed E-state index contributed by atoms with van der Waals surface area (Å²) in [7, 11) is 0. The highest BCUT2D eigenvalue weighted by Gasteiger charge is 2.30. The molecule has 2 heterocycles. The zero-order valence-corrected chi connectivity index (χ0v) is 8.88. The lowest BCUT2D eigenvalue weighted by Gasteiger charge is -2.11. The van der Waals surface area contributed by atoms with Gasteiger partial charge in [-0.2, -0.15) is 0 Å². The summed E-state index contributed by atoms with van der Waals surface area (Å²) < 4.78 is 5.54. The van der Waals surface area contributed by atoms with E-state index in [9.17, 15) is 4.79 Å². The summed E-state index contributed by atoms with van der Waals surface area (Å²) in [6.07, 6.45) is 3.46. The first-order valence-electron chi connectivity index (χ1n) is 5.06. The lowest BCUT2D eigenvalue weighted by molar-refractivity contribution is -0.139. The summed E-state index contributed by atoms with van der Waals surface area (Å²) in [6.45, 7) is 2.35. The molecule has 2 N–H and O–H groups in total. The largest absolute Gasteiger partial charge is 0.480 e. The van der Waals surface area contributed by atoms with Crippen LogP contribution in [0.1, 0.15) is 12.1 Å². The second-order valence-corrected chi connectivity index (χ2v) is 3.77. The number of rotatable bonds is 3. The molecule has 0 spiro atoms. The first kappa shape index (κ1) is 10.8. The molecule has 1 aromatic heterocycles. The average molecular weight is 223 g/mol. The predicted molar refractivity (Wildman–Crippen MR) is 55.2 cm³/mol. The minimum Gasteiger partial charge on any atom is -0.480 e. The lowest BCUT2D eigenvalue weighted by Crippen LogP contribution is -2.30. The molecule has 1 aromatic rings. The molecule has 0 amide bonds. The zero-order valence-electron chi connectivity index (χ0n) is 8.88. The maximum Gasteiger partial charge on any atom is 0.320 e. The Kier molecular flexibility index (Phi) is 3.00. The minimum atomic E-state index is -0.846. The first-order valence-corrected chi connectivity index (χ1v) is 5.06. The fourth-order valence-corrected chi connectivity index (χ4v) is 1.65. The monoisotopic (exact) mass is 223 g/mol. The van der Waals surface area contributed by atoms with Crippen LogP contribution >= 0.6 is 0 Å². The molecule has 0 radical (unpaired) electrons. The Morgan fingerprint density at radius 3 is 3.06 bits per heavy atom. The maximum absolute atomic E-state index is 10.7. The molecule has 0 saturated carbocycles. The summed E-state index contributed by atoms with van der Waals surface area (Å²) >= 11 is 0. The standard InChI is InChI=1S/C10H13N3O3/c1-6-3-11-5-9(13-6)16-7-2-8(10(14)15)12-4-7/h3,5,7-8,12H,2,4H2,1H3,(H,14,15). The number of aryl methyl sites for hydroxylation is 1. The van der Waals surface area contributed by atoms with Crippen molar-refractivity contribution in [3.05, 3.63) is 18.1 Å². The van der Waals surface area contributed by atoms with E-state index in [2.05, 4.69) is 15.3 Å². The highest BCUT2D eigenvalue weighted by molar-refractivity contribution is 5.73. The fourth-order valence-electron chi connectivity index (χ4n) is 1.65. The fraction of sp³-hybridized carbons (Fsp3) is 0.500. The number of ether oxygens (including phenoxy) is 1. The number of hydrogen-bond donors (Lipinski definition) is 2. The lowest BCUT2D eigenvalue weighted by atomic mass is 10.2. The van der Waals surface area contributed by atoms with Gasteiger partial charge in [-0.1, -0.05) is 0 Å². The van der Waals surface area contributed by atoms with E-state index in [0.29, 0.717) is 18.8 Å². The van der Waals surface area contributed by atoms with Crippen LogP contribution in [0.4, 0.5) is 0 Å². The van der Waals surface area contributed by atoms with Gasteiger partial charge in [-0.05, 0) is 6.92 Å². The Hall–Kier alpha value is -1.69. The molecule has 6 heteroatoms. The Balaban J connectivity index is 1.94. The van der Waals surface area contributed by atoms with Crippen molar-refractivity contribution in [2.45, 2.75) is 25.5 Å². The van der Waals surface area contributed by atoms with Gasteiger partial charge >= 0.3 is 5.97 Å². The number of hydrogen-bond acceptors (Lipinski definition) is 5. The highest BCUT2D eigenvalue weighted by atomic mass is 16.5. The van der Waals surface area contributed by atoms with Gasteiger partial charge in [-0.15, -0.1) is 0 Å². The van der Waals surface area contributed by atoms with Crippen molar-refractivity contribution in [2.24, 2.45) is 0 Å². The van der Waals surface area contributed by atoms with Gasteiger partial charge < -0.3 is 15.2 Å². The first-order chi connectivity index (χ1) is 7.65. The van der Waals surface area contributed by atoms with Crippen LogP contribution in [0.3, 0.4) is 0 Å². The molecule has 0 aliphatic carbocycles. The number of carbonyl (C=O) groups is 1. The maximum atomic E-state index is 10.7. The van der Waals surface area contributed by atoms with Crippen LogP contribution in [0.25, 0.3) is 0 Å². The van der Waals surface area contributed by atoms with Crippen molar-refractivity contribution in [1.82, 2.24) is 15.3 Å². The third-order valence-corrected chi connectivity index (χ3v) is 2.41. The molecular formula is C10H13N3O3. The predicted octanol–water partition coefficient (Wildman–Crippen LogP) is -0.0211. The smallest absolute Gasteiger partial charge is 0.320 e. The van der Waals surface area contributed by atoms with E-state index >= 15 is 0 Å². The normalized spacial score (nSPS) is 24.3. The zero-order chi connectivity index (χ0) is 11.5. The molecule has 0 aromatic carbocycles. The van der Waals surface area contributed by atoms with Crippen molar-refractivity contribution in [1.29, 1.82) is 0 Å². The van der Waals surface area contributed by atoms with E-state index in [1.54, 1.807) is 6.20 Å². The molecule has 86 valence electrons. The molecule has 1 saturated heterocycles. The molecule has 2 rings (SSSR count). The molecule has 0 bridgehead atoms. The van der Waals surface area contributed by atoms with Crippen LogP contribution in [-0.2, 0) is 4.79 Å². The van der Waals surface area contributed by atoms with E-state index in [-0.39, 0.29) is 6.10 Å². The van der Waals surface area contributed by atoms with Gasteiger partial charge in [0.25, 0.3) is 0 Å². The minimum absolute atomic E-state index is 0.155. The van der Waals surface area contributed by atoms with Crippen LogP contribution in [0, 0.1) is 6.92 Å². The second-order valence-electron chi connectivity index (χ2n) is 3.77. The summed E-state index contributed by atoms with van der Waals surface area (Å²) in [5.74, 6) is -0.403. The Labute approximate surface area is 92.7 Å². The molecular weight excluding hydrogens is 210 g/mol. The number of nitrogens with one attached hydrogen (secondary N) is 1. The van der Waals surface area contributed by atoms with Crippen LogP contribution < -0.4 is 10.1 Å². The van der Waals surface area contributed by atoms with Crippen LogP contribution in [-0.4, -0.2) is 39.7 Å². The molecule has 6 nitrogen and oxygen atoms in total. The Bertz CT molecular complexity index is 397. The van der Waals surface area contributed by atoms with E-state index in [0.717, 1.165) is 5.69 Å². The highest BCUT2D eigenvalue weighted by Crippen LogP contribution is 2.14. The van der Waals surface area contributed by atoms with E-state index in [4.69, 9.17) is 9.84 Å². The van der Waals surface area contributed by atoms with Crippen molar-refractivity contribution in [3.8, 4) is 5.88 Å². The van der Waals surface area contributed by atoms with Crippen LogP contribution in [0.15, 0.2) is 12.4 Å². The molecule has 2 unspecified atom stereocenters. The molecule has 1 fully saturated rings. The summed E-state index contributed by atoms with van der Waals surface area (Å²) in [4.78, 5) is 18.8. The third-order valence-electron chi connectivity index (χ3n) is 2.41. The number of aliphatic carboxylic acids is 1. The van der Waals surface area contributed by atoms with Gasteiger partial charge in [-0.3, -0.25) is 9.78 Å². The van der Waals surface area contributed by atoms with Gasteiger partial charge in [-0.25, -0.2) is 4.98 Å². The average Bonchev–Trinajstić information content (AvgIpc) is 2.66. The molecule has 1 aliphatic heterocycles. The summed E-state index contributed by atoms with van der Waals surface area (Å²) in [5, 5.41) is 11.7. The van der Waals surface area contributed by atoms with Gasteiger partial charge in [0.1, 0.15) is 12.1 Å². The van der Waals surface area contributed by atoms with Crippen molar-refractivity contribution in [2.75, 3.05) is 6.54 Å². The van der Waals surface area contributed by atoms with E-state index in [1.807, 2.05) is 6.92 Å². The van der Waals surface area contributed by atoms with E-state index < -0.39 is 12.0 Å². The Morgan fingerprint density at radius 2 is 2.44 bits per heavy atom. The molecule has 1 aliphatic rings. The second kappa shape index (κ2) is 4.44. The van der Waals surface area contributed by atoms with Crippen LogP contribution in [0.5, 0.6) is 5.88 Å². The Morgan fingerprint density at radius 1 is 1.62 bits per heavy atom.